The van der Waals surface area contributed by atoms with Gasteiger partial charge in [0.1, 0.15) is 0 Å². The fraction of sp³-hybridized carbons (Fsp3) is 0.263. The maximum Gasteiger partial charge on any atom is 0.413 e. The number of nitrogens with zero attached hydrogens (tertiary/aromatic N) is 1. The number of aromatic amines is 1. The third-order valence-electron chi connectivity index (χ3n) is 3.80. The monoisotopic (exact) mass is 323 g/mol. The molecule has 0 unspecified atom stereocenters. The van der Waals surface area contributed by atoms with E-state index < -0.39 is 6.09 Å². The van der Waals surface area contributed by atoms with E-state index in [4.69, 9.17) is 4.74 Å². The van der Waals surface area contributed by atoms with Crippen LogP contribution in [0.2, 0.25) is 0 Å². The number of aromatic nitrogens is 2. The number of ether oxygens (including phenoxy) is 1. The quantitative estimate of drug-likeness (QED) is 0.712. The molecule has 0 radical (unpaired) electrons. The highest BCUT2D eigenvalue weighted by molar-refractivity contribution is 5.90. The van der Waals surface area contributed by atoms with Crippen LogP contribution in [-0.4, -0.2) is 22.7 Å². The summed E-state index contributed by atoms with van der Waals surface area (Å²) in [5.74, 6) is 0.408. The number of imidazole rings is 1. The molecular weight excluding hydrogens is 302 g/mol. The number of hydrogen-bond acceptors (Lipinski definition) is 3. The van der Waals surface area contributed by atoms with Gasteiger partial charge in [-0.3, -0.25) is 5.32 Å². The second-order valence-corrected chi connectivity index (χ2v) is 5.58. The summed E-state index contributed by atoms with van der Waals surface area (Å²) in [4.78, 5) is 19.3. The van der Waals surface area contributed by atoms with Gasteiger partial charge in [0, 0.05) is 0 Å². The first-order valence-corrected chi connectivity index (χ1v) is 8.23. The number of carbonyl (C=O) groups excluding carboxylic acids is 1. The zero-order valence-electron chi connectivity index (χ0n) is 13.9. The van der Waals surface area contributed by atoms with Gasteiger partial charge in [0.25, 0.3) is 0 Å². The molecule has 5 nitrogen and oxygen atoms in total. The Kier molecular flexibility index (Phi) is 4.79. The van der Waals surface area contributed by atoms with Gasteiger partial charge in [-0.15, -0.1) is 0 Å². The summed E-state index contributed by atoms with van der Waals surface area (Å²) in [5, 5.41) is 2.63. The van der Waals surface area contributed by atoms with E-state index in [0.717, 1.165) is 35.0 Å². The van der Waals surface area contributed by atoms with Crippen molar-refractivity contribution in [2.75, 3.05) is 11.9 Å². The molecule has 2 aromatic carbocycles. The van der Waals surface area contributed by atoms with Gasteiger partial charge < -0.3 is 9.72 Å². The van der Waals surface area contributed by atoms with E-state index in [1.807, 2.05) is 24.3 Å². The number of nitrogens with one attached hydrogen (secondary N) is 2. The molecule has 0 saturated carbocycles. The second kappa shape index (κ2) is 7.17. The fourth-order valence-corrected chi connectivity index (χ4v) is 2.77. The Bertz CT molecular complexity index is 840. The molecule has 0 spiro atoms. The molecule has 0 aliphatic heterocycles. The predicted molar refractivity (Wildman–Crippen MR) is 96.2 cm³/mol. The van der Waals surface area contributed by atoms with Gasteiger partial charge in [-0.2, -0.15) is 0 Å². The summed E-state index contributed by atoms with van der Waals surface area (Å²) >= 11 is 0. The predicted octanol–water partition coefficient (Wildman–Crippen LogP) is 4.75. The van der Waals surface area contributed by atoms with E-state index in [2.05, 4.69) is 40.4 Å². The molecule has 0 fully saturated rings. The molecule has 1 aromatic heterocycles. The highest BCUT2D eigenvalue weighted by atomic mass is 16.5. The Morgan fingerprint density at radius 1 is 1.17 bits per heavy atom. The highest BCUT2D eigenvalue weighted by Crippen LogP contribution is 2.28. The first-order valence-electron chi connectivity index (χ1n) is 8.23. The standard InChI is InChI=1S/C19H21N3O2/c1-3-8-14-11-15(13-9-6-5-7-10-13)12-16-17(14)21-18(20-16)22-19(23)24-4-2/h5-7,9-12H,3-4,8H2,1-2H3,(H2,20,21,22,23). The van der Waals surface area contributed by atoms with E-state index in [1.165, 1.54) is 5.56 Å². The Balaban J connectivity index is 2.03. The molecule has 124 valence electrons. The summed E-state index contributed by atoms with van der Waals surface area (Å²) in [5.41, 5.74) is 5.27. The minimum Gasteiger partial charge on any atom is -0.450 e. The van der Waals surface area contributed by atoms with Gasteiger partial charge in [-0.05, 0) is 42.2 Å². The molecule has 1 amide bonds. The van der Waals surface area contributed by atoms with Crippen molar-refractivity contribution in [3.63, 3.8) is 0 Å². The van der Waals surface area contributed by atoms with Gasteiger partial charge in [0.15, 0.2) is 0 Å². The van der Waals surface area contributed by atoms with Crippen LogP contribution in [0.4, 0.5) is 10.7 Å². The van der Waals surface area contributed by atoms with Crippen molar-refractivity contribution >= 4 is 23.1 Å². The van der Waals surface area contributed by atoms with Gasteiger partial charge in [-0.1, -0.05) is 43.7 Å². The van der Waals surface area contributed by atoms with Crippen LogP contribution in [0.5, 0.6) is 0 Å². The zero-order valence-corrected chi connectivity index (χ0v) is 13.9. The molecule has 0 aliphatic carbocycles. The Morgan fingerprint density at radius 2 is 1.96 bits per heavy atom. The van der Waals surface area contributed by atoms with Crippen molar-refractivity contribution in [3.05, 3.63) is 48.0 Å². The summed E-state index contributed by atoms with van der Waals surface area (Å²) in [6.45, 7) is 4.24. The van der Waals surface area contributed by atoms with Gasteiger partial charge >= 0.3 is 6.09 Å². The third-order valence-corrected chi connectivity index (χ3v) is 3.80. The number of fused-ring (bicyclic) bond motifs is 1. The van der Waals surface area contributed by atoms with Crippen LogP contribution in [0.25, 0.3) is 22.2 Å². The van der Waals surface area contributed by atoms with Crippen LogP contribution in [0.3, 0.4) is 0 Å². The van der Waals surface area contributed by atoms with Crippen molar-refractivity contribution in [1.29, 1.82) is 0 Å². The third kappa shape index (κ3) is 3.40. The van der Waals surface area contributed by atoms with Crippen LogP contribution in [-0.2, 0) is 11.2 Å². The number of H-pyrrole nitrogens is 1. The Hall–Kier alpha value is -2.82. The van der Waals surface area contributed by atoms with Crippen LogP contribution in [0.1, 0.15) is 25.8 Å². The molecule has 5 heteroatoms. The second-order valence-electron chi connectivity index (χ2n) is 5.58. The number of amides is 1. The summed E-state index contributed by atoms with van der Waals surface area (Å²) < 4.78 is 4.90. The average molecular weight is 323 g/mol. The van der Waals surface area contributed by atoms with E-state index in [0.29, 0.717) is 12.6 Å². The van der Waals surface area contributed by atoms with Gasteiger partial charge in [-0.25, -0.2) is 9.78 Å². The fourth-order valence-electron chi connectivity index (χ4n) is 2.77. The molecule has 3 rings (SSSR count). The van der Waals surface area contributed by atoms with E-state index >= 15 is 0 Å². The summed E-state index contributed by atoms with van der Waals surface area (Å²) in [7, 11) is 0. The topological polar surface area (TPSA) is 67.0 Å². The molecule has 0 aliphatic rings. The molecule has 2 N–H and O–H groups in total. The number of rotatable bonds is 5. The largest absolute Gasteiger partial charge is 0.450 e. The van der Waals surface area contributed by atoms with Crippen LogP contribution in [0.15, 0.2) is 42.5 Å². The van der Waals surface area contributed by atoms with Crippen LogP contribution < -0.4 is 5.32 Å². The van der Waals surface area contributed by atoms with Crippen molar-refractivity contribution in [2.24, 2.45) is 0 Å². The molecule has 0 atom stereocenters. The normalized spacial score (nSPS) is 10.8. The lowest BCUT2D eigenvalue weighted by Gasteiger charge is -2.06. The van der Waals surface area contributed by atoms with E-state index in [9.17, 15) is 4.79 Å². The highest BCUT2D eigenvalue weighted by Gasteiger charge is 2.12. The minimum absolute atomic E-state index is 0.325. The van der Waals surface area contributed by atoms with Gasteiger partial charge in [0.05, 0.1) is 17.6 Å². The van der Waals surface area contributed by atoms with Crippen LogP contribution in [0, 0.1) is 0 Å². The number of carbonyl (C=O) groups is 1. The lowest BCUT2D eigenvalue weighted by Crippen LogP contribution is -2.14. The SMILES string of the molecule is CCCc1cc(-c2ccccc2)cc2nc(NC(=O)OCC)[nH]c12. The minimum atomic E-state index is -0.503. The van der Waals surface area contributed by atoms with Gasteiger partial charge in [0.2, 0.25) is 5.95 Å². The van der Waals surface area contributed by atoms with Crippen molar-refractivity contribution in [2.45, 2.75) is 26.7 Å². The molecule has 1 heterocycles. The first kappa shape index (κ1) is 16.1. The lowest BCUT2D eigenvalue weighted by molar-refractivity contribution is 0.167. The Morgan fingerprint density at radius 3 is 2.67 bits per heavy atom. The van der Waals surface area contributed by atoms with Crippen molar-refractivity contribution in [3.8, 4) is 11.1 Å². The van der Waals surface area contributed by atoms with E-state index in [1.54, 1.807) is 6.92 Å². The number of benzene rings is 2. The Labute approximate surface area is 141 Å². The summed E-state index contributed by atoms with van der Waals surface area (Å²) in [6, 6.07) is 14.5. The maximum absolute atomic E-state index is 11.6. The van der Waals surface area contributed by atoms with Crippen molar-refractivity contribution in [1.82, 2.24) is 9.97 Å². The molecule has 0 bridgehead atoms. The first-order chi connectivity index (χ1) is 11.7. The van der Waals surface area contributed by atoms with E-state index in [-0.39, 0.29) is 0 Å². The summed E-state index contributed by atoms with van der Waals surface area (Å²) in [6.07, 6.45) is 1.47. The van der Waals surface area contributed by atoms with Crippen molar-refractivity contribution < 1.29 is 9.53 Å². The maximum atomic E-state index is 11.6. The van der Waals surface area contributed by atoms with Crippen LogP contribution >= 0.6 is 0 Å². The number of aryl methyl sites for hydroxylation is 1. The molecule has 0 saturated heterocycles. The number of hydrogen-bond donors (Lipinski definition) is 2. The smallest absolute Gasteiger partial charge is 0.413 e. The molecular formula is C19H21N3O2. The zero-order chi connectivity index (χ0) is 16.9. The lowest BCUT2D eigenvalue weighted by atomic mass is 9.99. The average Bonchev–Trinajstić information content (AvgIpc) is 2.98. The number of anilines is 1. The molecule has 3 aromatic rings. The molecule has 24 heavy (non-hydrogen) atoms.